The number of ether oxygens (including phenoxy) is 2. The summed E-state index contributed by atoms with van der Waals surface area (Å²) >= 11 is 0. The van der Waals surface area contributed by atoms with Crippen LogP contribution in [0.25, 0.3) is 10.9 Å². The van der Waals surface area contributed by atoms with Crippen molar-refractivity contribution in [2.24, 2.45) is 0 Å². The van der Waals surface area contributed by atoms with E-state index in [0.29, 0.717) is 16.6 Å². The minimum absolute atomic E-state index is 0.00803. The van der Waals surface area contributed by atoms with Gasteiger partial charge < -0.3 is 9.47 Å². The molecule has 7 nitrogen and oxygen atoms in total. The first-order valence-electron chi connectivity index (χ1n) is 10.7. The summed E-state index contributed by atoms with van der Waals surface area (Å²) in [4.78, 5) is 29.6. The van der Waals surface area contributed by atoms with Crippen LogP contribution in [0.4, 0.5) is 9.59 Å². The predicted octanol–water partition coefficient (Wildman–Crippen LogP) is 5.03. The first-order chi connectivity index (χ1) is 15.8. The lowest BCUT2D eigenvalue weighted by atomic mass is 10.0. The van der Waals surface area contributed by atoms with Gasteiger partial charge in [-0.3, -0.25) is 4.98 Å². The number of hydrogen-bond donors (Lipinski definition) is 1. The van der Waals surface area contributed by atoms with Gasteiger partial charge >= 0.3 is 12.2 Å². The van der Waals surface area contributed by atoms with E-state index in [1.54, 1.807) is 33.9 Å². The normalized spacial score (nSPS) is 10.5. The molecule has 0 fully saturated rings. The average molecular weight is 446 g/mol. The summed E-state index contributed by atoms with van der Waals surface area (Å²) in [5, 5.41) is 1.97. The van der Waals surface area contributed by atoms with Crippen molar-refractivity contribution in [2.45, 2.75) is 46.4 Å². The first kappa shape index (κ1) is 23.6. The molecular weight excluding hydrogens is 418 g/mol. The molecule has 170 valence electrons. The molecule has 0 spiro atoms. The van der Waals surface area contributed by atoms with Crippen molar-refractivity contribution in [3.63, 3.8) is 0 Å². The summed E-state index contributed by atoms with van der Waals surface area (Å²) in [6.45, 7) is 6.91. The number of nitrogens with zero attached hydrogens (tertiary/aromatic N) is 2. The van der Waals surface area contributed by atoms with Crippen molar-refractivity contribution >= 4 is 23.1 Å². The maximum Gasteiger partial charge on any atom is 0.429 e. The number of amides is 2. The summed E-state index contributed by atoms with van der Waals surface area (Å²) in [6, 6.07) is 17.2. The molecule has 0 unspecified atom stereocenters. The van der Waals surface area contributed by atoms with Gasteiger partial charge in [0.1, 0.15) is 0 Å². The highest BCUT2D eigenvalue weighted by molar-refractivity contribution is 5.84. The number of hydrogen-bond acceptors (Lipinski definition) is 5. The molecule has 1 heterocycles. The number of pyridine rings is 1. The highest BCUT2D eigenvalue weighted by Gasteiger charge is 2.23. The third kappa shape index (κ3) is 6.71. The van der Waals surface area contributed by atoms with E-state index < -0.39 is 12.2 Å². The number of fused-ring (bicyclic) bond motifs is 1. The van der Waals surface area contributed by atoms with Crippen molar-refractivity contribution in [3.8, 4) is 11.8 Å². The lowest BCUT2D eigenvalue weighted by molar-refractivity contribution is 0.0445. The summed E-state index contributed by atoms with van der Waals surface area (Å²) in [5.41, 5.74) is 5.40. The zero-order chi connectivity index (χ0) is 23.8. The van der Waals surface area contributed by atoms with Gasteiger partial charge in [0.25, 0.3) is 0 Å². The van der Waals surface area contributed by atoms with Crippen LogP contribution in [0.3, 0.4) is 0 Å². The third-order valence-electron chi connectivity index (χ3n) is 4.44. The minimum atomic E-state index is -0.754. The van der Waals surface area contributed by atoms with E-state index >= 15 is 0 Å². The lowest BCUT2D eigenvalue weighted by Gasteiger charge is -2.25. The molecule has 0 saturated carbocycles. The van der Waals surface area contributed by atoms with Crippen LogP contribution < -0.4 is 5.43 Å². The first-order valence-corrected chi connectivity index (χ1v) is 10.7. The maximum atomic E-state index is 12.8. The molecule has 0 atom stereocenters. The number of carbonyl (C=O) groups is 2. The van der Waals surface area contributed by atoms with Crippen LogP contribution in [0.15, 0.2) is 60.8 Å². The van der Waals surface area contributed by atoms with Crippen LogP contribution >= 0.6 is 0 Å². The number of carbonyl (C=O) groups excluding carboxylic acids is 2. The lowest BCUT2D eigenvalue weighted by Crippen LogP contribution is -2.47. The largest absolute Gasteiger partial charge is 0.446 e. The van der Waals surface area contributed by atoms with Gasteiger partial charge in [-0.2, -0.15) is 0 Å². The smallest absolute Gasteiger partial charge is 0.429 e. The molecule has 0 aliphatic rings. The second-order valence-electron chi connectivity index (χ2n) is 7.87. The van der Waals surface area contributed by atoms with Gasteiger partial charge in [-0.1, -0.05) is 42.2 Å². The Hall–Kier alpha value is -4.05. The van der Waals surface area contributed by atoms with Crippen molar-refractivity contribution in [2.75, 3.05) is 0 Å². The van der Waals surface area contributed by atoms with Crippen molar-refractivity contribution in [3.05, 3.63) is 77.5 Å². The Morgan fingerprint density at radius 1 is 0.939 bits per heavy atom. The van der Waals surface area contributed by atoms with Crippen molar-refractivity contribution in [1.29, 1.82) is 0 Å². The van der Waals surface area contributed by atoms with E-state index in [2.05, 4.69) is 22.3 Å². The summed E-state index contributed by atoms with van der Waals surface area (Å²) in [5.74, 6) is 6.32. The molecule has 0 aliphatic carbocycles. The van der Waals surface area contributed by atoms with E-state index in [9.17, 15) is 9.59 Å². The Balaban J connectivity index is 2.02. The molecule has 3 aromatic rings. The molecule has 3 rings (SSSR count). The van der Waals surface area contributed by atoms with Crippen LogP contribution in [0.2, 0.25) is 0 Å². The van der Waals surface area contributed by atoms with Crippen LogP contribution in [0.1, 0.15) is 44.4 Å². The molecule has 1 aromatic heterocycles. The summed E-state index contributed by atoms with van der Waals surface area (Å²) in [7, 11) is 0. The highest BCUT2D eigenvalue weighted by Crippen LogP contribution is 2.22. The van der Waals surface area contributed by atoms with E-state index in [0.717, 1.165) is 16.0 Å². The molecular formula is C26H27N3O4. The predicted molar refractivity (Wildman–Crippen MR) is 126 cm³/mol. The quantitative estimate of drug-likeness (QED) is 0.450. The van der Waals surface area contributed by atoms with Gasteiger partial charge in [0.2, 0.25) is 0 Å². The monoisotopic (exact) mass is 445 g/mol. The van der Waals surface area contributed by atoms with E-state index in [1.807, 2.05) is 54.6 Å². The second-order valence-corrected chi connectivity index (χ2v) is 7.87. The number of rotatable bonds is 4. The zero-order valence-corrected chi connectivity index (χ0v) is 19.2. The Kier molecular flexibility index (Phi) is 7.87. The molecule has 7 heteroatoms. The molecule has 2 amide bonds. The Labute approximate surface area is 193 Å². The van der Waals surface area contributed by atoms with Crippen molar-refractivity contribution in [1.82, 2.24) is 15.4 Å². The highest BCUT2D eigenvalue weighted by atomic mass is 16.6. The van der Waals surface area contributed by atoms with E-state index in [1.165, 1.54) is 0 Å². The molecule has 0 radical (unpaired) electrons. The van der Waals surface area contributed by atoms with Gasteiger partial charge in [-0.25, -0.2) is 20.0 Å². The molecule has 0 aliphatic heterocycles. The maximum absolute atomic E-state index is 12.8. The van der Waals surface area contributed by atoms with E-state index in [-0.39, 0.29) is 18.8 Å². The van der Waals surface area contributed by atoms with Crippen LogP contribution in [0.5, 0.6) is 0 Å². The number of hydrazine groups is 1. The summed E-state index contributed by atoms with van der Waals surface area (Å²) < 4.78 is 10.5. The van der Waals surface area contributed by atoms with Crippen LogP contribution in [-0.4, -0.2) is 34.4 Å². The minimum Gasteiger partial charge on any atom is -0.446 e. The Morgan fingerprint density at radius 3 is 2.36 bits per heavy atom. The molecule has 2 aromatic carbocycles. The fourth-order valence-electron chi connectivity index (χ4n) is 3.07. The Morgan fingerprint density at radius 2 is 1.67 bits per heavy atom. The van der Waals surface area contributed by atoms with Crippen LogP contribution in [-0.2, 0) is 16.0 Å². The number of aromatic nitrogens is 1. The summed E-state index contributed by atoms with van der Waals surface area (Å²) in [6.07, 6.45) is -0.501. The SMILES string of the molecule is CC(C)OC(=O)NN(Cc1c(C#Cc2ccccc2)ccc2cccnc12)C(=O)OC(C)C. The molecule has 0 saturated heterocycles. The van der Waals surface area contributed by atoms with Crippen molar-refractivity contribution < 1.29 is 19.1 Å². The van der Waals surface area contributed by atoms with Gasteiger partial charge in [0.05, 0.1) is 24.3 Å². The average Bonchev–Trinajstić information content (AvgIpc) is 2.77. The van der Waals surface area contributed by atoms with Gasteiger partial charge in [-0.15, -0.1) is 0 Å². The van der Waals surface area contributed by atoms with Gasteiger partial charge in [-0.05, 0) is 52.0 Å². The van der Waals surface area contributed by atoms with E-state index in [4.69, 9.17) is 9.47 Å². The zero-order valence-electron chi connectivity index (χ0n) is 19.2. The van der Waals surface area contributed by atoms with Crippen LogP contribution in [0, 0.1) is 11.8 Å². The standard InChI is InChI=1S/C26H27N3O4/c1-18(2)32-25(30)28-29(26(31)33-19(3)4)17-23-21(13-12-20-9-6-5-7-10-20)14-15-22-11-8-16-27-24(22)23/h5-11,14-16,18-19H,17H2,1-4H3,(H,28,30). The fourth-order valence-corrected chi connectivity index (χ4v) is 3.07. The number of benzene rings is 2. The topological polar surface area (TPSA) is 80.8 Å². The van der Waals surface area contributed by atoms with Gasteiger partial charge in [0, 0.05) is 28.3 Å². The van der Waals surface area contributed by atoms with Gasteiger partial charge in [0.15, 0.2) is 0 Å². The Bertz CT molecular complexity index is 1180. The molecule has 1 N–H and O–H groups in total. The molecule has 0 bridgehead atoms. The second kappa shape index (κ2) is 11.0. The number of nitrogens with one attached hydrogen (secondary N) is 1. The third-order valence-corrected chi connectivity index (χ3v) is 4.44. The molecule has 33 heavy (non-hydrogen) atoms. The fraction of sp³-hybridized carbons (Fsp3) is 0.269.